The van der Waals surface area contributed by atoms with Gasteiger partial charge in [0.2, 0.25) is 5.91 Å². The third kappa shape index (κ3) is 7.80. The average molecular weight is 500 g/mol. The first-order valence-corrected chi connectivity index (χ1v) is 11.9. The van der Waals surface area contributed by atoms with Crippen molar-refractivity contribution in [2.24, 2.45) is 5.92 Å². The van der Waals surface area contributed by atoms with E-state index in [1.165, 1.54) is 12.4 Å². The van der Waals surface area contributed by atoms with E-state index in [-0.39, 0.29) is 29.4 Å². The molecule has 1 aliphatic rings. The lowest BCUT2D eigenvalue weighted by molar-refractivity contribution is -0.126. The van der Waals surface area contributed by atoms with Gasteiger partial charge in [0.1, 0.15) is 11.8 Å². The van der Waals surface area contributed by atoms with E-state index in [0.717, 1.165) is 31.5 Å². The van der Waals surface area contributed by atoms with E-state index in [1.54, 1.807) is 12.1 Å². The molecular weight excluding hydrogens is 470 g/mol. The highest BCUT2D eigenvalue weighted by Crippen LogP contribution is 2.33. The van der Waals surface area contributed by atoms with Crippen LogP contribution in [0.15, 0.2) is 24.5 Å². The van der Waals surface area contributed by atoms with Crippen molar-refractivity contribution in [3.63, 3.8) is 0 Å². The van der Waals surface area contributed by atoms with Gasteiger partial charge in [0.05, 0.1) is 24.2 Å². The van der Waals surface area contributed by atoms with Crippen molar-refractivity contribution in [2.75, 3.05) is 37.3 Å². The van der Waals surface area contributed by atoms with Gasteiger partial charge in [-0.05, 0) is 70.9 Å². The first-order chi connectivity index (χ1) is 16.7. The minimum atomic E-state index is -0.563. The zero-order chi connectivity index (χ0) is 25.4. The molecule has 0 unspecified atom stereocenters. The molecule has 3 N–H and O–H groups in total. The smallest absolute Gasteiger partial charge is 0.325 e. The number of amides is 3. The van der Waals surface area contributed by atoms with Crippen LogP contribution < -0.4 is 20.7 Å². The van der Waals surface area contributed by atoms with E-state index < -0.39 is 6.03 Å². The van der Waals surface area contributed by atoms with Crippen LogP contribution >= 0.6 is 11.6 Å². The number of nitriles is 1. The number of hydrogen-bond donors (Lipinski definition) is 3. The van der Waals surface area contributed by atoms with Crippen LogP contribution in [-0.4, -0.2) is 59.6 Å². The Morgan fingerprint density at radius 1 is 1.23 bits per heavy atom. The monoisotopic (exact) mass is 499 g/mol. The van der Waals surface area contributed by atoms with Gasteiger partial charge in [0, 0.05) is 17.5 Å². The van der Waals surface area contributed by atoms with E-state index in [1.807, 2.05) is 19.9 Å². The normalized spacial score (nSPS) is 14.3. The van der Waals surface area contributed by atoms with Gasteiger partial charge in [-0.15, -0.1) is 0 Å². The lowest BCUT2D eigenvalue weighted by Crippen LogP contribution is -2.39. The molecule has 1 aliphatic heterocycles. The molecule has 10 nitrogen and oxygen atoms in total. The van der Waals surface area contributed by atoms with E-state index in [4.69, 9.17) is 21.6 Å². The first-order valence-electron chi connectivity index (χ1n) is 11.5. The van der Waals surface area contributed by atoms with Gasteiger partial charge < -0.3 is 20.3 Å². The Balaban J connectivity index is 1.63. The number of rotatable bonds is 8. The lowest BCUT2D eigenvalue weighted by Gasteiger charge is -2.28. The summed E-state index contributed by atoms with van der Waals surface area (Å²) in [6.45, 7) is 6.08. The molecule has 0 atom stereocenters. The Hall–Kier alpha value is -3.42. The van der Waals surface area contributed by atoms with Crippen molar-refractivity contribution in [1.82, 2.24) is 20.2 Å². The number of urea groups is 1. The van der Waals surface area contributed by atoms with Crippen molar-refractivity contribution in [1.29, 1.82) is 5.26 Å². The highest BCUT2D eigenvalue weighted by Gasteiger charge is 2.23. The Bertz CT molecular complexity index is 1080. The molecule has 186 valence electrons. The van der Waals surface area contributed by atoms with Crippen LogP contribution in [0.4, 0.5) is 16.3 Å². The molecular formula is C24H30ClN7O3. The molecule has 1 saturated heterocycles. The molecule has 0 saturated carbocycles. The van der Waals surface area contributed by atoms with Gasteiger partial charge in [-0.2, -0.15) is 5.26 Å². The molecule has 3 amide bonds. The number of nitrogens with zero attached hydrogens (tertiary/aromatic N) is 4. The molecule has 35 heavy (non-hydrogen) atoms. The average Bonchev–Trinajstić information content (AvgIpc) is 2.82. The van der Waals surface area contributed by atoms with E-state index in [9.17, 15) is 9.59 Å². The maximum Gasteiger partial charge on any atom is 0.325 e. The molecule has 3 rings (SSSR count). The fourth-order valence-corrected chi connectivity index (χ4v) is 3.95. The number of halogens is 1. The second-order valence-electron chi connectivity index (χ2n) is 8.70. The summed E-state index contributed by atoms with van der Waals surface area (Å²) in [6, 6.07) is 4.70. The molecule has 1 fully saturated rings. The van der Waals surface area contributed by atoms with Crippen LogP contribution in [0.2, 0.25) is 5.02 Å². The number of anilines is 2. The Kier molecular flexibility index (Phi) is 9.23. The minimum Gasteiger partial charge on any atom is -0.489 e. The lowest BCUT2D eigenvalue weighted by atomic mass is 9.96. The van der Waals surface area contributed by atoms with Crippen LogP contribution in [0.25, 0.3) is 0 Å². The van der Waals surface area contributed by atoms with Crippen LogP contribution in [0, 0.1) is 17.2 Å². The molecule has 0 aliphatic carbocycles. The summed E-state index contributed by atoms with van der Waals surface area (Å²) in [5.74, 6) is 0.777. The summed E-state index contributed by atoms with van der Waals surface area (Å²) in [4.78, 5) is 35.0. The van der Waals surface area contributed by atoms with Gasteiger partial charge in [-0.1, -0.05) is 11.6 Å². The third-order valence-electron chi connectivity index (χ3n) is 5.55. The van der Waals surface area contributed by atoms with Crippen LogP contribution in [-0.2, 0) is 11.2 Å². The minimum absolute atomic E-state index is 0.0485. The quantitative estimate of drug-likeness (QED) is 0.506. The van der Waals surface area contributed by atoms with Gasteiger partial charge >= 0.3 is 6.03 Å². The maximum atomic E-state index is 12.5. The summed E-state index contributed by atoms with van der Waals surface area (Å²) in [5, 5.41) is 17.5. The SMILES string of the molecule is CC(C)Oc1cc(CCNC(=O)C2CCN(C)CC2)c(Cl)cc1NC(=O)Nc1cnc(C#N)cn1. The van der Waals surface area contributed by atoms with Gasteiger partial charge in [-0.3, -0.25) is 10.1 Å². The summed E-state index contributed by atoms with van der Waals surface area (Å²) in [6.07, 6.45) is 4.68. The van der Waals surface area contributed by atoms with Crippen molar-refractivity contribution in [3.8, 4) is 11.8 Å². The predicted molar refractivity (Wildman–Crippen MR) is 134 cm³/mol. The molecule has 1 aromatic carbocycles. The number of aromatic nitrogens is 2. The molecule has 0 bridgehead atoms. The number of benzene rings is 1. The van der Waals surface area contributed by atoms with Gasteiger partial charge in [0.25, 0.3) is 0 Å². The van der Waals surface area contributed by atoms with Crippen molar-refractivity contribution in [3.05, 3.63) is 40.8 Å². The zero-order valence-electron chi connectivity index (χ0n) is 20.1. The molecule has 2 aromatic rings. The summed E-state index contributed by atoms with van der Waals surface area (Å²) in [5.41, 5.74) is 1.34. The third-order valence-corrected chi connectivity index (χ3v) is 5.90. The standard InChI is InChI=1S/C24H30ClN7O3/c1-15(2)35-21-10-17(4-7-27-23(33)16-5-8-32(3)9-6-16)19(25)11-20(21)30-24(34)31-22-14-28-18(12-26)13-29-22/h10-11,13-16H,4-9H2,1-3H3,(H,27,33)(H2,29,30,31,34). The fraction of sp³-hybridized carbons (Fsp3) is 0.458. The predicted octanol–water partition coefficient (Wildman–Crippen LogP) is 3.43. The van der Waals surface area contributed by atoms with Gasteiger partial charge in [-0.25, -0.2) is 14.8 Å². The summed E-state index contributed by atoms with van der Waals surface area (Å²) < 4.78 is 5.90. The second kappa shape index (κ2) is 12.3. The maximum absolute atomic E-state index is 12.5. The van der Waals surface area contributed by atoms with Crippen LogP contribution in [0.5, 0.6) is 5.75 Å². The van der Waals surface area contributed by atoms with E-state index in [0.29, 0.717) is 29.4 Å². The summed E-state index contributed by atoms with van der Waals surface area (Å²) >= 11 is 6.50. The number of carbonyl (C=O) groups excluding carboxylic acids is 2. The number of nitrogens with one attached hydrogen (secondary N) is 3. The number of hydrogen-bond acceptors (Lipinski definition) is 7. The fourth-order valence-electron chi connectivity index (χ4n) is 3.69. The van der Waals surface area contributed by atoms with Crippen molar-refractivity contribution in [2.45, 2.75) is 39.2 Å². The summed E-state index contributed by atoms with van der Waals surface area (Å²) in [7, 11) is 2.07. The molecule has 2 heterocycles. The topological polar surface area (TPSA) is 132 Å². The number of piperidine rings is 1. The molecule has 11 heteroatoms. The molecule has 1 aromatic heterocycles. The highest BCUT2D eigenvalue weighted by atomic mass is 35.5. The second-order valence-corrected chi connectivity index (χ2v) is 9.11. The van der Waals surface area contributed by atoms with Crippen LogP contribution in [0.3, 0.4) is 0 Å². The van der Waals surface area contributed by atoms with E-state index >= 15 is 0 Å². The van der Waals surface area contributed by atoms with E-state index in [2.05, 4.69) is 37.9 Å². The Labute approximate surface area is 210 Å². The molecule has 0 radical (unpaired) electrons. The highest BCUT2D eigenvalue weighted by molar-refractivity contribution is 6.31. The number of likely N-dealkylation sites (tertiary alicyclic amines) is 1. The zero-order valence-corrected chi connectivity index (χ0v) is 20.9. The van der Waals surface area contributed by atoms with Crippen molar-refractivity contribution >= 4 is 35.0 Å². The Morgan fingerprint density at radius 2 is 1.97 bits per heavy atom. The number of ether oxygens (including phenoxy) is 1. The number of carbonyl (C=O) groups is 2. The Morgan fingerprint density at radius 3 is 2.60 bits per heavy atom. The van der Waals surface area contributed by atoms with Gasteiger partial charge in [0.15, 0.2) is 11.5 Å². The van der Waals surface area contributed by atoms with Crippen molar-refractivity contribution < 1.29 is 14.3 Å². The first kappa shape index (κ1) is 26.2. The molecule has 0 spiro atoms. The largest absolute Gasteiger partial charge is 0.489 e. The van der Waals surface area contributed by atoms with Crippen LogP contribution in [0.1, 0.15) is 37.9 Å².